The van der Waals surface area contributed by atoms with Gasteiger partial charge in [-0.1, -0.05) is 34.6 Å². The summed E-state index contributed by atoms with van der Waals surface area (Å²) in [7, 11) is 0. The van der Waals surface area contributed by atoms with E-state index in [0.29, 0.717) is 10.8 Å². The lowest BCUT2D eigenvalue weighted by atomic mass is 9.86. The molecule has 1 heterocycles. The van der Waals surface area contributed by atoms with Crippen LogP contribution in [-0.2, 0) is 0 Å². The Bertz CT molecular complexity index is 225. The molecule has 0 saturated carbocycles. The van der Waals surface area contributed by atoms with Crippen LogP contribution in [0.2, 0.25) is 0 Å². The summed E-state index contributed by atoms with van der Waals surface area (Å²) in [6.45, 7) is 17.9. The maximum Gasteiger partial charge on any atom is 0.00476 e. The molecule has 1 aliphatic rings. The van der Waals surface area contributed by atoms with Crippen molar-refractivity contribution < 1.29 is 0 Å². The van der Waals surface area contributed by atoms with E-state index in [9.17, 15) is 0 Å². The molecule has 17 heavy (non-hydrogen) atoms. The Morgan fingerprint density at radius 1 is 1.29 bits per heavy atom. The fourth-order valence-corrected chi connectivity index (χ4v) is 2.76. The third-order valence-corrected chi connectivity index (χ3v) is 4.19. The minimum absolute atomic E-state index is 0.440. The molecular weight excluding hydrogens is 208 g/mol. The van der Waals surface area contributed by atoms with Gasteiger partial charge in [0.1, 0.15) is 0 Å². The molecule has 0 spiro atoms. The van der Waals surface area contributed by atoms with Crippen molar-refractivity contribution in [3.05, 3.63) is 0 Å². The Morgan fingerprint density at radius 2 is 2.00 bits per heavy atom. The first kappa shape index (κ1) is 15.0. The summed E-state index contributed by atoms with van der Waals surface area (Å²) >= 11 is 0. The van der Waals surface area contributed by atoms with Gasteiger partial charge in [-0.05, 0) is 43.2 Å². The maximum atomic E-state index is 3.59. The number of hydrogen-bond acceptors (Lipinski definition) is 2. The van der Waals surface area contributed by atoms with E-state index in [4.69, 9.17) is 0 Å². The SMILES string of the molecule is CCCNCC(C)(CC)CN1CCC(C)(C)C1. The van der Waals surface area contributed by atoms with Crippen molar-refractivity contribution in [2.24, 2.45) is 10.8 Å². The van der Waals surface area contributed by atoms with Gasteiger partial charge < -0.3 is 10.2 Å². The molecule has 2 heteroatoms. The predicted octanol–water partition coefficient (Wildman–Crippen LogP) is 3.13. The van der Waals surface area contributed by atoms with Gasteiger partial charge in [0.15, 0.2) is 0 Å². The Morgan fingerprint density at radius 3 is 2.47 bits per heavy atom. The van der Waals surface area contributed by atoms with E-state index < -0.39 is 0 Å². The van der Waals surface area contributed by atoms with Crippen molar-refractivity contribution >= 4 is 0 Å². The Balaban J connectivity index is 2.40. The molecule has 0 amide bonds. The second kappa shape index (κ2) is 6.19. The first-order valence-corrected chi connectivity index (χ1v) is 7.34. The summed E-state index contributed by atoms with van der Waals surface area (Å²) in [6, 6.07) is 0. The fourth-order valence-electron chi connectivity index (χ4n) is 2.76. The predicted molar refractivity (Wildman–Crippen MR) is 76.4 cm³/mol. The van der Waals surface area contributed by atoms with E-state index in [2.05, 4.69) is 44.8 Å². The van der Waals surface area contributed by atoms with E-state index >= 15 is 0 Å². The van der Waals surface area contributed by atoms with Gasteiger partial charge in [-0.15, -0.1) is 0 Å². The molecule has 1 aliphatic heterocycles. The van der Waals surface area contributed by atoms with Crippen LogP contribution in [0.5, 0.6) is 0 Å². The van der Waals surface area contributed by atoms with Crippen LogP contribution in [0.25, 0.3) is 0 Å². The van der Waals surface area contributed by atoms with Crippen LogP contribution >= 0.6 is 0 Å². The van der Waals surface area contributed by atoms with Crippen LogP contribution in [0, 0.1) is 10.8 Å². The molecule has 1 unspecified atom stereocenters. The average Bonchev–Trinajstić information content (AvgIpc) is 2.58. The minimum atomic E-state index is 0.440. The summed E-state index contributed by atoms with van der Waals surface area (Å²) in [5.74, 6) is 0. The molecule has 0 aromatic heterocycles. The molecule has 1 fully saturated rings. The number of rotatable bonds is 7. The molecule has 1 N–H and O–H groups in total. The Kier molecular flexibility index (Phi) is 5.46. The quantitative estimate of drug-likeness (QED) is 0.688. The lowest BCUT2D eigenvalue weighted by molar-refractivity contribution is 0.168. The highest BCUT2D eigenvalue weighted by Crippen LogP contribution is 2.32. The van der Waals surface area contributed by atoms with Crippen molar-refractivity contribution in [3.63, 3.8) is 0 Å². The van der Waals surface area contributed by atoms with Crippen LogP contribution in [0.3, 0.4) is 0 Å². The van der Waals surface area contributed by atoms with Crippen molar-refractivity contribution in [1.82, 2.24) is 10.2 Å². The normalized spacial score (nSPS) is 23.8. The summed E-state index contributed by atoms with van der Waals surface area (Å²) in [6.07, 6.45) is 3.85. The minimum Gasteiger partial charge on any atom is -0.316 e. The molecule has 1 rings (SSSR count). The second-order valence-electron chi connectivity index (χ2n) is 6.97. The summed E-state index contributed by atoms with van der Waals surface area (Å²) in [4.78, 5) is 2.66. The highest BCUT2D eigenvalue weighted by Gasteiger charge is 2.33. The smallest absolute Gasteiger partial charge is 0.00476 e. The zero-order valence-electron chi connectivity index (χ0n) is 12.6. The molecule has 1 saturated heterocycles. The second-order valence-corrected chi connectivity index (χ2v) is 6.97. The molecule has 0 radical (unpaired) electrons. The lowest BCUT2D eigenvalue weighted by Crippen LogP contribution is -2.41. The van der Waals surface area contributed by atoms with Crippen molar-refractivity contribution in [3.8, 4) is 0 Å². The van der Waals surface area contributed by atoms with Gasteiger partial charge in [-0.25, -0.2) is 0 Å². The highest BCUT2D eigenvalue weighted by atomic mass is 15.2. The largest absolute Gasteiger partial charge is 0.316 e. The van der Waals surface area contributed by atoms with E-state index in [0.717, 1.165) is 13.1 Å². The van der Waals surface area contributed by atoms with E-state index in [1.165, 1.54) is 38.9 Å². The first-order valence-electron chi connectivity index (χ1n) is 7.34. The lowest BCUT2D eigenvalue weighted by Gasteiger charge is -2.34. The van der Waals surface area contributed by atoms with Crippen molar-refractivity contribution in [2.45, 2.75) is 53.9 Å². The summed E-state index contributed by atoms with van der Waals surface area (Å²) in [5.41, 5.74) is 0.973. The van der Waals surface area contributed by atoms with E-state index in [1.807, 2.05) is 0 Å². The fraction of sp³-hybridized carbons (Fsp3) is 1.00. The van der Waals surface area contributed by atoms with Crippen LogP contribution < -0.4 is 5.32 Å². The zero-order valence-corrected chi connectivity index (χ0v) is 12.6. The molecular formula is C15H32N2. The summed E-state index contributed by atoms with van der Waals surface area (Å²) < 4.78 is 0. The van der Waals surface area contributed by atoms with Gasteiger partial charge in [0.2, 0.25) is 0 Å². The molecule has 0 aliphatic carbocycles. The Hall–Kier alpha value is -0.0800. The van der Waals surface area contributed by atoms with Crippen molar-refractivity contribution in [1.29, 1.82) is 0 Å². The molecule has 0 bridgehead atoms. The third kappa shape index (κ3) is 4.97. The zero-order chi connectivity index (χ0) is 12.9. The molecule has 1 atom stereocenters. The highest BCUT2D eigenvalue weighted by molar-refractivity contribution is 4.87. The van der Waals surface area contributed by atoms with Crippen LogP contribution in [0.15, 0.2) is 0 Å². The first-order chi connectivity index (χ1) is 7.91. The van der Waals surface area contributed by atoms with Crippen molar-refractivity contribution in [2.75, 3.05) is 32.7 Å². The third-order valence-electron chi connectivity index (χ3n) is 4.19. The Labute approximate surface area is 108 Å². The molecule has 102 valence electrons. The van der Waals surface area contributed by atoms with E-state index in [-0.39, 0.29) is 0 Å². The van der Waals surface area contributed by atoms with Gasteiger partial charge in [0.25, 0.3) is 0 Å². The van der Waals surface area contributed by atoms with Gasteiger partial charge >= 0.3 is 0 Å². The number of hydrogen-bond donors (Lipinski definition) is 1. The van der Waals surface area contributed by atoms with E-state index in [1.54, 1.807) is 0 Å². The average molecular weight is 240 g/mol. The van der Waals surface area contributed by atoms with Gasteiger partial charge in [-0.3, -0.25) is 0 Å². The van der Waals surface area contributed by atoms with Gasteiger partial charge in [-0.2, -0.15) is 0 Å². The topological polar surface area (TPSA) is 15.3 Å². The van der Waals surface area contributed by atoms with Gasteiger partial charge in [0, 0.05) is 19.6 Å². The number of nitrogens with one attached hydrogen (secondary N) is 1. The maximum absolute atomic E-state index is 3.59. The van der Waals surface area contributed by atoms with Crippen LogP contribution in [0.4, 0.5) is 0 Å². The van der Waals surface area contributed by atoms with Crippen LogP contribution in [0.1, 0.15) is 53.9 Å². The summed E-state index contributed by atoms with van der Waals surface area (Å²) in [5, 5.41) is 3.59. The molecule has 2 nitrogen and oxygen atoms in total. The number of nitrogens with zero attached hydrogens (tertiary/aromatic N) is 1. The molecule has 0 aromatic carbocycles. The van der Waals surface area contributed by atoms with Gasteiger partial charge in [0.05, 0.1) is 0 Å². The van der Waals surface area contributed by atoms with Crippen LogP contribution in [-0.4, -0.2) is 37.6 Å². The molecule has 0 aromatic rings. The monoisotopic (exact) mass is 240 g/mol. The number of likely N-dealkylation sites (tertiary alicyclic amines) is 1. The standard InChI is InChI=1S/C15H32N2/c1-6-9-16-11-15(5,7-2)13-17-10-8-14(3,4)12-17/h16H,6-13H2,1-5H3.